The molecule has 4 rings (SSSR count). The largest absolute Gasteiger partial charge is 0.494 e. The Morgan fingerprint density at radius 1 is 1.19 bits per heavy atom. The Morgan fingerprint density at radius 3 is 2.77 bits per heavy atom. The predicted octanol–water partition coefficient (Wildman–Crippen LogP) is 3.22. The molecular weight excluding hydrogens is 346 g/mol. The van der Waals surface area contributed by atoms with Gasteiger partial charge in [0.05, 0.1) is 12.1 Å². The van der Waals surface area contributed by atoms with Crippen molar-refractivity contribution in [3.05, 3.63) is 57.0 Å². The van der Waals surface area contributed by atoms with Crippen LogP contribution >= 0.6 is 11.3 Å². The monoisotopic (exact) mass is 369 g/mol. The summed E-state index contributed by atoms with van der Waals surface area (Å²) < 4.78 is 8.16. The third-order valence-corrected chi connectivity index (χ3v) is 5.94. The Kier molecular flexibility index (Phi) is 4.78. The third kappa shape index (κ3) is 3.27. The zero-order valence-corrected chi connectivity index (χ0v) is 16.0. The van der Waals surface area contributed by atoms with Gasteiger partial charge < -0.3 is 4.74 Å². The molecule has 1 aromatic carbocycles. The number of rotatable bonds is 4. The van der Waals surface area contributed by atoms with Crippen LogP contribution in [0.2, 0.25) is 0 Å². The molecule has 3 aromatic rings. The highest BCUT2D eigenvalue weighted by molar-refractivity contribution is 7.17. The minimum atomic E-state index is 0.117. The van der Waals surface area contributed by atoms with Crippen LogP contribution in [-0.2, 0) is 19.5 Å². The van der Waals surface area contributed by atoms with E-state index < -0.39 is 0 Å². The van der Waals surface area contributed by atoms with Gasteiger partial charge in [-0.15, -0.1) is 11.3 Å². The smallest absolute Gasteiger partial charge is 0.271 e. The molecule has 6 heteroatoms. The lowest BCUT2D eigenvalue weighted by Crippen LogP contribution is -2.28. The molecule has 0 bridgehead atoms. The number of ether oxygens (including phenoxy) is 1. The fourth-order valence-electron chi connectivity index (χ4n) is 3.46. The number of aryl methyl sites for hydroxylation is 1. The van der Waals surface area contributed by atoms with E-state index in [1.807, 2.05) is 35.9 Å². The standard InChI is InChI=1S/C20H23N3O2S/c1-3-25-16-6-4-15(5-7-16)12-22-9-8-17-21-18-14(2)13-26-19(18)20(24)23(17)11-10-22/h4-7,13H,3,8-12H2,1-2H3. The lowest BCUT2D eigenvalue weighted by Gasteiger charge is -2.19. The number of aromatic nitrogens is 2. The zero-order chi connectivity index (χ0) is 18.1. The average Bonchev–Trinajstić information content (AvgIpc) is 2.89. The first-order valence-electron chi connectivity index (χ1n) is 9.07. The van der Waals surface area contributed by atoms with Gasteiger partial charge in [0.2, 0.25) is 0 Å². The summed E-state index contributed by atoms with van der Waals surface area (Å²) >= 11 is 1.51. The van der Waals surface area contributed by atoms with Gasteiger partial charge in [-0.1, -0.05) is 12.1 Å². The highest BCUT2D eigenvalue weighted by atomic mass is 32.1. The minimum absolute atomic E-state index is 0.117. The first kappa shape index (κ1) is 17.2. The Bertz CT molecular complexity index is 975. The summed E-state index contributed by atoms with van der Waals surface area (Å²) in [4.78, 5) is 20.0. The van der Waals surface area contributed by atoms with Crippen molar-refractivity contribution in [1.29, 1.82) is 0 Å². The molecule has 3 heterocycles. The van der Waals surface area contributed by atoms with Crippen molar-refractivity contribution in [2.24, 2.45) is 0 Å². The molecule has 0 saturated heterocycles. The molecule has 1 aliphatic rings. The molecule has 136 valence electrons. The molecule has 5 nitrogen and oxygen atoms in total. The van der Waals surface area contributed by atoms with Crippen LogP contribution < -0.4 is 10.3 Å². The molecule has 0 atom stereocenters. The van der Waals surface area contributed by atoms with E-state index in [-0.39, 0.29) is 5.56 Å². The van der Waals surface area contributed by atoms with Gasteiger partial charge in [-0.25, -0.2) is 4.98 Å². The maximum Gasteiger partial charge on any atom is 0.271 e. The molecule has 26 heavy (non-hydrogen) atoms. The van der Waals surface area contributed by atoms with Gasteiger partial charge >= 0.3 is 0 Å². The van der Waals surface area contributed by atoms with E-state index in [1.54, 1.807) is 0 Å². The molecule has 0 amide bonds. The van der Waals surface area contributed by atoms with E-state index in [1.165, 1.54) is 16.9 Å². The molecular formula is C20H23N3O2S. The molecule has 0 radical (unpaired) electrons. The molecule has 2 aromatic heterocycles. The van der Waals surface area contributed by atoms with Gasteiger partial charge in [-0.2, -0.15) is 0 Å². The van der Waals surface area contributed by atoms with Crippen molar-refractivity contribution in [2.45, 2.75) is 33.4 Å². The predicted molar refractivity (Wildman–Crippen MR) is 105 cm³/mol. The van der Waals surface area contributed by atoms with E-state index in [9.17, 15) is 4.79 Å². The molecule has 0 fully saturated rings. The van der Waals surface area contributed by atoms with Crippen LogP contribution in [0.15, 0.2) is 34.4 Å². The van der Waals surface area contributed by atoms with Crippen molar-refractivity contribution in [3.63, 3.8) is 0 Å². The van der Waals surface area contributed by atoms with Crippen LogP contribution in [0, 0.1) is 6.92 Å². The maximum atomic E-state index is 12.8. The minimum Gasteiger partial charge on any atom is -0.494 e. The second-order valence-corrected chi connectivity index (χ2v) is 7.56. The fraction of sp³-hybridized carbons (Fsp3) is 0.400. The summed E-state index contributed by atoms with van der Waals surface area (Å²) in [6.07, 6.45) is 0.803. The first-order valence-corrected chi connectivity index (χ1v) is 9.95. The molecule has 0 N–H and O–H groups in total. The Balaban J connectivity index is 1.52. The van der Waals surface area contributed by atoms with Crippen LogP contribution in [0.3, 0.4) is 0 Å². The van der Waals surface area contributed by atoms with E-state index in [4.69, 9.17) is 9.72 Å². The van der Waals surface area contributed by atoms with E-state index in [0.717, 1.165) is 53.4 Å². The van der Waals surface area contributed by atoms with Crippen LogP contribution in [-0.4, -0.2) is 34.1 Å². The molecule has 1 aliphatic heterocycles. The van der Waals surface area contributed by atoms with Crippen molar-refractivity contribution >= 4 is 21.6 Å². The summed E-state index contributed by atoms with van der Waals surface area (Å²) in [5, 5.41) is 2.02. The molecule has 0 aliphatic carbocycles. The lowest BCUT2D eigenvalue weighted by atomic mass is 10.2. The number of benzene rings is 1. The second kappa shape index (κ2) is 7.21. The van der Waals surface area contributed by atoms with E-state index >= 15 is 0 Å². The second-order valence-electron chi connectivity index (χ2n) is 6.68. The summed E-state index contributed by atoms with van der Waals surface area (Å²) in [5.41, 5.74) is 3.36. The first-order chi connectivity index (χ1) is 12.7. The van der Waals surface area contributed by atoms with Crippen LogP contribution in [0.25, 0.3) is 10.2 Å². The zero-order valence-electron chi connectivity index (χ0n) is 15.2. The van der Waals surface area contributed by atoms with Crippen LogP contribution in [0.1, 0.15) is 23.9 Å². The summed E-state index contributed by atoms with van der Waals surface area (Å²) in [5.74, 6) is 1.82. The van der Waals surface area contributed by atoms with Gasteiger partial charge in [-0.05, 0) is 42.5 Å². The summed E-state index contributed by atoms with van der Waals surface area (Å²) in [6, 6.07) is 8.28. The highest BCUT2D eigenvalue weighted by Crippen LogP contribution is 2.22. The van der Waals surface area contributed by atoms with Gasteiger partial charge in [0.1, 0.15) is 16.3 Å². The quantitative estimate of drug-likeness (QED) is 0.708. The number of fused-ring (bicyclic) bond motifs is 2. The van der Waals surface area contributed by atoms with Crippen molar-refractivity contribution < 1.29 is 4.74 Å². The van der Waals surface area contributed by atoms with Crippen molar-refractivity contribution in [3.8, 4) is 5.75 Å². The number of thiophene rings is 1. The van der Waals surface area contributed by atoms with Gasteiger partial charge in [0.15, 0.2) is 0 Å². The normalized spacial score (nSPS) is 15.0. The van der Waals surface area contributed by atoms with Crippen molar-refractivity contribution in [1.82, 2.24) is 14.5 Å². The number of hydrogen-bond acceptors (Lipinski definition) is 5. The Labute approximate surface area is 156 Å². The van der Waals surface area contributed by atoms with E-state index in [2.05, 4.69) is 17.0 Å². The maximum absolute atomic E-state index is 12.8. The van der Waals surface area contributed by atoms with Gasteiger partial charge in [0.25, 0.3) is 5.56 Å². The molecule has 0 unspecified atom stereocenters. The van der Waals surface area contributed by atoms with Gasteiger partial charge in [0, 0.05) is 32.6 Å². The molecule has 0 spiro atoms. The van der Waals surface area contributed by atoms with Crippen LogP contribution in [0.4, 0.5) is 0 Å². The average molecular weight is 369 g/mol. The number of nitrogens with zero attached hydrogens (tertiary/aromatic N) is 3. The number of hydrogen-bond donors (Lipinski definition) is 0. The van der Waals surface area contributed by atoms with Crippen molar-refractivity contribution in [2.75, 3.05) is 19.7 Å². The Morgan fingerprint density at radius 2 is 2.00 bits per heavy atom. The van der Waals surface area contributed by atoms with E-state index in [0.29, 0.717) is 13.2 Å². The molecule has 0 saturated carbocycles. The summed E-state index contributed by atoms with van der Waals surface area (Å²) in [7, 11) is 0. The SMILES string of the molecule is CCOc1ccc(CN2CCc3nc4c(C)csc4c(=O)n3CC2)cc1. The Hall–Kier alpha value is -2.18. The fourth-order valence-corrected chi connectivity index (χ4v) is 4.40. The van der Waals surface area contributed by atoms with Gasteiger partial charge in [-0.3, -0.25) is 14.3 Å². The lowest BCUT2D eigenvalue weighted by molar-refractivity contribution is 0.271. The third-order valence-electron chi connectivity index (χ3n) is 4.87. The highest BCUT2D eigenvalue weighted by Gasteiger charge is 2.19. The summed E-state index contributed by atoms with van der Waals surface area (Å²) in [6.45, 7) is 8.05. The topological polar surface area (TPSA) is 47.4 Å². The van der Waals surface area contributed by atoms with Crippen LogP contribution in [0.5, 0.6) is 5.75 Å².